The molecule has 2 aliphatic rings. The van der Waals surface area contributed by atoms with Gasteiger partial charge in [-0.3, -0.25) is 10.2 Å². The highest BCUT2D eigenvalue weighted by molar-refractivity contribution is 5.91. The molecule has 1 spiro atoms. The normalized spacial score (nSPS) is 26.4. The standard InChI is InChI=1S/C28H33N7O/c1-33(2)28(20-7-5-4-6-8-20)13-11-27(12-14-28)19-35(26(36)32-27)21-17-30-24(31-18-21)22-9-15-29-25-23(22)10-16-34(25)3/h4-10,15-18,26,32,36H,11-14,19H2,1-3H3/t26?,27-,28+. The van der Waals surface area contributed by atoms with E-state index in [-0.39, 0.29) is 11.1 Å². The Bertz CT molecular complexity index is 1360. The van der Waals surface area contributed by atoms with Crippen LogP contribution in [0.3, 0.4) is 0 Å². The Morgan fingerprint density at radius 1 is 0.972 bits per heavy atom. The molecule has 3 aromatic heterocycles. The highest BCUT2D eigenvalue weighted by Gasteiger charge is 2.50. The molecule has 2 fully saturated rings. The third-order valence-electron chi connectivity index (χ3n) is 8.38. The zero-order valence-electron chi connectivity index (χ0n) is 21.1. The van der Waals surface area contributed by atoms with E-state index in [1.807, 2.05) is 47.2 Å². The lowest BCUT2D eigenvalue weighted by molar-refractivity contribution is 0.0513. The quantitative estimate of drug-likeness (QED) is 0.460. The van der Waals surface area contributed by atoms with Crippen molar-refractivity contribution in [1.82, 2.24) is 29.7 Å². The van der Waals surface area contributed by atoms with Gasteiger partial charge in [-0.25, -0.2) is 15.0 Å². The van der Waals surface area contributed by atoms with E-state index in [9.17, 15) is 5.11 Å². The van der Waals surface area contributed by atoms with Gasteiger partial charge in [0.05, 0.1) is 18.1 Å². The van der Waals surface area contributed by atoms with Gasteiger partial charge >= 0.3 is 0 Å². The number of aliphatic hydroxyl groups is 1. The van der Waals surface area contributed by atoms with E-state index in [0.717, 1.165) is 54.5 Å². The predicted molar refractivity (Wildman–Crippen MR) is 141 cm³/mol. The largest absolute Gasteiger partial charge is 0.361 e. The van der Waals surface area contributed by atoms with Crippen molar-refractivity contribution in [3.63, 3.8) is 0 Å². The maximum atomic E-state index is 11.0. The molecule has 8 nitrogen and oxygen atoms in total. The van der Waals surface area contributed by atoms with Gasteiger partial charge < -0.3 is 14.6 Å². The highest BCUT2D eigenvalue weighted by Crippen LogP contribution is 2.46. The average molecular weight is 484 g/mol. The van der Waals surface area contributed by atoms with Crippen LogP contribution in [0.25, 0.3) is 22.4 Å². The molecule has 8 heteroatoms. The van der Waals surface area contributed by atoms with E-state index in [1.54, 1.807) is 6.20 Å². The Kier molecular flexibility index (Phi) is 5.55. The van der Waals surface area contributed by atoms with Gasteiger partial charge in [0.25, 0.3) is 0 Å². The Labute approximate surface area is 211 Å². The minimum Gasteiger partial charge on any atom is -0.361 e. The third-order valence-corrected chi connectivity index (χ3v) is 8.38. The van der Waals surface area contributed by atoms with Crippen LogP contribution in [0.4, 0.5) is 5.69 Å². The van der Waals surface area contributed by atoms with Crippen LogP contribution in [0.2, 0.25) is 0 Å². The molecule has 1 atom stereocenters. The van der Waals surface area contributed by atoms with Crippen LogP contribution in [-0.4, -0.2) is 62.1 Å². The Balaban J connectivity index is 1.21. The fourth-order valence-electron chi connectivity index (χ4n) is 6.20. The molecule has 0 bridgehead atoms. The molecule has 186 valence electrons. The number of nitrogens with one attached hydrogen (secondary N) is 1. The highest BCUT2D eigenvalue weighted by atomic mass is 16.3. The second-order valence-electron chi connectivity index (χ2n) is 10.5. The molecule has 36 heavy (non-hydrogen) atoms. The maximum absolute atomic E-state index is 11.0. The van der Waals surface area contributed by atoms with Crippen LogP contribution in [0.1, 0.15) is 31.2 Å². The summed E-state index contributed by atoms with van der Waals surface area (Å²) >= 11 is 0. The molecule has 2 N–H and O–H groups in total. The lowest BCUT2D eigenvalue weighted by Crippen LogP contribution is -2.54. The van der Waals surface area contributed by atoms with Gasteiger partial charge in [0.1, 0.15) is 5.65 Å². The lowest BCUT2D eigenvalue weighted by atomic mass is 9.69. The van der Waals surface area contributed by atoms with Gasteiger partial charge in [0.2, 0.25) is 0 Å². The molecular weight excluding hydrogens is 450 g/mol. The number of anilines is 1. The fraction of sp³-hybridized carbons (Fsp3) is 0.393. The summed E-state index contributed by atoms with van der Waals surface area (Å²) in [5.41, 5.74) is 3.94. The molecule has 1 aliphatic heterocycles. The van der Waals surface area contributed by atoms with E-state index in [4.69, 9.17) is 0 Å². The van der Waals surface area contributed by atoms with Crippen molar-refractivity contribution in [2.45, 2.75) is 43.1 Å². The SMILES string of the molecule is Cn1ccc2c(-c3ncc(N4C[C@]5(CC[C@](c6ccccc6)(N(C)C)CC5)NC4O)cn3)ccnc21. The van der Waals surface area contributed by atoms with Gasteiger partial charge in [-0.05, 0) is 57.5 Å². The van der Waals surface area contributed by atoms with Crippen LogP contribution in [-0.2, 0) is 12.6 Å². The molecule has 0 amide bonds. The molecule has 0 radical (unpaired) electrons. The van der Waals surface area contributed by atoms with Crippen molar-refractivity contribution in [2.75, 3.05) is 25.5 Å². The van der Waals surface area contributed by atoms with Gasteiger partial charge in [-0.1, -0.05) is 30.3 Å². The van der Waals surface area contributed by atoms with Crippen LogP contribution in [0.15, 0.2) is 67.3 Å². The minimum atomic E-state index is -0.759. The maximum Gasteiger partial charge on any atom is 0.184 e. The zero-order valence-corrected chi connectivity index (χ0v) is 21.1. The first-order valence-electron chi connectivity index (χ1n) is 12.6. The molecule has 1 aromatic carbocycles. The first kappa shape index (κ1) is 23.1. The fourth-order valence-corrected chi connectivity index (χ4v) is 6.20. The van der Waals surface area contributed by atoms with Crippen molar-refractivity contribution in [1.29, 1.82) is 0 Å². The van der Waals surface area contributed by atoms with Crippen molar-refractivity contribution in [2.24, 2.45) is 7.05 Å². The van der Waals surface area contributed by atoms with Gasteiger partial charge in [-0.15, -0.1) is 0 Å². The number of pyridine rings is 1. The Morgan fingerprint density at radius 2 is 1.69 bits per heavy atom. The van der Waals surface area contributed by atoms with Gasteiger partial charge in [-0.2, -0.15) is 0 Å². The van der Waals surface area contributed by atoms with Gasteiger partial charge in [0.15, 0.2) is 12.2 Å². The predicted octanol–water partition coefficient (Wildman–Crippen LogP) is 3.49. The third kappa shape index (κ3) is 3.68. The summed E-state index contributed by atoms with van der Waals surface area (Å²) in [6.45, 7) is 0.730. The number of nitrogens with zero attached hydrogens (tertiary/aromatic N) is 6. The molecule has 1 aliphatic carbocycles. The number of rotatable bonds is 4. The molecular formula is C28H33N7O. The summed E-state index contributed by atoms with van der Waals surface area (Å²) in [6, 6.07) is 14.8. The van der Waals surface area contributed by atoms with Crippen molar-refractivity contribution in [3.05, 3.63) is 72.8 Å². The Hall–Kier alpha value is -3.33. The second-order valence-corrected chi connectivity index (χ2v) is 10.5. The average Bonchev–Trinajstić information content (AvgIpc) is 3.44. The van der Waals surface area contributed by atoms with Gasteiger partial charge in [0, 0.05) is 48.0 Å². The van der Waals surface area contributed by atoms with Crippen LogP contribution < -0.4 is 10.2 Å². The first-order chi connectivity index (χ1) is 17.4. The second kappa shape index (κ2) is 8.65. The number of fused-ring (bicyclic) bond motifs is 1. The number of aromatic nitrogens is 4. The molecule has 4 aromatic rings. The molecule has 4 heterocycles. The number of benzene rings is 1. The summed E-state index contributed by atoms with van der Waals surface area (Å²) in [5, 5.41) is 15.5. The summed E-state index contributed by atoms with van der Waals surface area (Å²) in [5.74, 6) is 0.657. The minimum absolute atomic E-state index is 0.0185. The van der Waals surface area contributed by atoms with Crippen LogP contribution in [0.5, 0.6) is 0 Å². The van der Waals surface area contributed by atoms with Crippen molar-refractivity contribution in [3.8, 4) is 11.4 Å². The van der Waals surface area contributed by atoms with E-state index < -0.39 is 6.35 Å². The number of hydrogen-bond donors (Lipinski definition) is 2. The topological polar surface area (TPSA) is 82.3 Å². The van der Waals surface area contributed by atoms with Crippen LogP contribution in [0, 0.1) is 0 Å². The molecule has 6 rings (SSSR count). The number of hydrogen-bond acceptors (Lipinski definition) is 7. The zero-order chi connectivity index (χ0) is 24.9. The monoisotopic (exact) mass is 483 g/mol. The Morgan fingerprint density at radius 3 is 2.39 bits per heavy atom. The van der Waals surface area contributed by atoms with Crippen molar-refractivity contribution >= 4 is 16.7 Å². The lowest BCUT2D eigenvalue weighted by Gasteiger charge is -2.49. The van der Waals surface area contributed by atoms with E-state index in [2.05, 4.69) is 69.6 Å². The summed E-state index contributed by atoms with van der Waals surface area (Å²) in [4.78, 5) is 18.2. The van der Waals surface area contributed by atoms with E-state index in [1.165, 1.54) is 5.56 Å². The molecule has 1 saturated carbocycles. The first-order valence-corrected chi connectivity index (χ1v) is 12.6. The smallest absolute Gasteiger partial charge is 0.184 e. The summed E-state index contributed by atoms with van der Waals surface area (Å²) < 4.78 is 1.99. The van der Waals surface area contributed by atoms with Crippen LogP contribution >= 0.6 is 0 Å². The van der Waals surface area contributed by atoms with Crippen molar-refractivity contribution < 1.29 is 5.11 Å². The molecule has 1 unspecified atom stereocenters. The summed E-state index contributed by atoms with van der Waals surface area (Å²) in [7, 11) is 6.34. The van der Waals surface area contributed by atoms with E-state index >= 15 is 0 Å². The molecule has 1 saturated heterocycles. The number of aryl methyl sites for hydroxylation is 1. The van der Waals surface area contributed by atoms with E-state index in [0.29, 0.717) is 5.82 Å². The number of aliphatic hydroxyl groups excluding tert-OH is 1. The summed E-state index contributed by atoms with van der Waals surface area (Å²) in [6.07, 6.45) is 10.7.